The van der Waals surface area contributed by atoms with Crippen molar-refractivity contribution in [3.05, 3.63) is 23.8 Å². The molecule has 0 radical (unpaired) electrons. The van der Waals surface area contributed by atoms with E-state index in [-0.39, 0.29) is 6.04 Å². The lowest BCUT2D eigenvalue weighted by Crippen LogP contribution is -2.32. The third-order valence-corrected chi connectivity index (χ3v) is 1.53. The second-order valence-corrected chi connectivity index (χ2v) is 2.59. The molecule has 0 aromatic carbocycles. The third kappa shape index (κ3) is 3.35. The van der Waals surface area contributed by atoms with Crippen LogP contribution in [0.2, 0.25) is 0 Å². The molecule has 0 unspecified atom stereocenters. The average molecular weight is 155 g/mol. The van der Waals surface area contributed by atoms with Crippen molar-refractivity contribution in [2.75, 3.05) is 0 Å². The maximum atomic E-state index is 9.47. The van der Waals surface area contributed by atoms with Gasteiger partial charge in [0.15, 0.2) is 0 Å². The molecular formula is C9H17NO. The molecule has 3 N–H and O–H groups in total. The van der Waals surface area contributed by atoms with Crippen molar-refractivity contribution in [2.45, 2.75) is 32.9 Å². The van der Waals surface area contributed by atoms with Crippen LogP contribution in [0.3, 0.4) is 0 Å². The van der Waals surface area contributed by atoms with Crippen molar-refractivity contribution in [3.8, 4) is 0 Å². The molecule has 0 aromatic heterocycles. The number of hydrogen-bond donors (Lipinski definition) is 2. The van der Waals surface area contributed by atoms with Gasteiger partial charge in [-0.25, -0.2) is 0 Å². The van der Waals surface area contributed by atoms with Crippen LogP contribution in [0.1, 0.15) is 20.8 Å². The van der Waals surface area contributed by atoms with E-state index in [2.05, 4.69) is 0 Å². The molecule has 0 heterocycles. The molecular weight excluding hydrogens is 138 g/mol. The number of rotatable bonds is 3. The minimum absolute atomic E-state index is 0.211. The summed E-state index contributed by atoms with van der Waals surface area (Å²) in [5.41, 5.74) is 6.40. The van der Waals surface area contributed by atoms with Crippen LogP contribution in [0.15, 0.2) is 23.8 Å². The van der Waals surface area contributed by atoms with Crippen molar-refractivity contribution in [1.82, 2.24) is 0 Å². The summed E-state index contributed by atoms with van der Waals surface area (Å²) in [7, 11) is 0. The van der Waals surface area contributed by atoms with Crippen LogP contribution in [-0.4, -0.2) is 17.3 Å². The van der Waals surface area contributed by atoms with Gasteiger partial charge in [0, 0.05) is 6.04 Å². The van der Waals surface area contributed by atoms with Gasteiger partial charge in [-0.2, -0.15) is 0 Å². The highest BCUT2D eigenvalue weighted by molar-refractivity contribution is 5.23. The van der Waals surface area contributed by atoms with E-state index in [0.29, 0.717) is 0 Å². The first-order valence-corrected chi connectivity index (χ1v) is 3.86. The summed E-state index contributed by atoms with van der Waals surface area (Å²) in [6.07, 6.45) is 5.08. The molecule has 2 atom stereocenters. The van der Waals surface area contributed by atoms with Gasteiger partial charge in [0.1, 0.15) is 0 Å². The van der Waals surface area contributed by atoms with Gasteiger partial charge in [-0.1, -0.05) is 18.2 Å². The summed E-state index contributed by atoms with van der Waals surface area (Å²) in [6.45, 7) is 5.59. The number of hydrogen-bond acceptors (Lipinski definition) is 2. The van der Waals surface area contributed by atoms with Gasteiger partial charge in [-0.3, -0.25) is 0 Å². The maximum absolute atomic E-state index is 9.47. The fourth-order valence-corrected chi connectivity index (χ4v) is 0.862. The third-order valence-electron chi connectivity index (χ3n) is 1.53. The van der Waals surface area contributed by atoms with Gasteiger partial charge >= 0.3 is 0 Å². The zero-order valence-electron chi connectivity index (χ0n) is 7.41. The molecule has 0 aliphatic heterocycles. The summed E-state index contributed by atoms with van der Waals surface area (Å²) < 4.78 is 0. The van der Waals surface area contributed by atoms with Gasteiger partial charge in [-0.05, 0) is 26.3 Å². The molecule has 0 saturated carbocycles. The monoisotopic (exact) mass is 155 g/mol. The van der Waals surface area contributed by atoms with E-state index in [1.165, 1.54) is 0 Å². The Bertz CT molecular complexity index is 159. The SMILES string of the molecule is C/C=C\C(=C/C)[C@@H](O)[C@H](C)N. The predicted octanol–water partition coefficient (Wildman–Crippen LogP) is 1.22. The van der Waals surface area contributed by atoms with Crippen LogP contribution in [0.25, 0.3) is 0 Å². The molecule has 0 bridgehead atoms. The molecule has 0 fully saturated rings. The Balaban J connectivity index is 4.27. The smallest absolute Gasteiger partial charge is 0.0934 e. The summed E-state index contributed by atoms with van der Waals surface area (Å²) in [5, 5.41) is 9.47. The minimum Gasteiger partial charge on any atom is -0.387 e. The summed E-state index contributed by atoms with van der Waals surface area (Å²) in [4.78, 5) is 0. The normalized spacial score (nSPS) is 18.8. The fraction of sp³-hybridized carbons (Fsp3) is 0.556. The Labute approximate surface area is 68.4 Å². The summed E-state index contributed by atoms with van der Waals surface area (Å²) in [6, 6.07) is -0.211. The summed E-state index contributed by atoms with van der Waals surface area (Å²) >= 11 is 0. The van der Waals surface area contributed by atoms with Crippen molar-refractivity contribution >= 4 is 0 Å². The van der Waals surface area contributed by atoms with E-state index in [0.717, 1.165) is 5.57 Å². The summed E-state index contributed by atoms with van der Waals surface area (Å²) in [5.74, 6) is 0. The van der Waals surface area contributed by atoms with Crippen LogP contribution in [0.4, 0.5) is 0 Å². The number of aliphatic hydroxyl groups is 1. The highest BCUT2D eigenvalue weighted by Crippen LogP contribution is 2.06. The lowest BCUT2D eigenvalue weighted by atomic mass is 10.0. The van der Waals surface area contributed by atoms with Crippen LogP contribution in [-0.2, 0) is 0 Å². The Morgan fingerprint density at radius 2 is 2.00 bits per heavy atom. The van der Waals surface area contributed by atoms with E-state index in [9.17, 15) is 5.11 Å². The van der Waals surface area contributed by atoms with E-state index >= 15 is 0 Å². The molecule has 64 valence electrons. The van der Waals surface area contributed by atoms with Crippen LogP contribution < -0.4 is 5.73 Å². The number of allylic oxidation sites excluding steroid dienone is 2. The first-order valence-electron chi connectivity index (χ1n) is 3.86. The standard InChI is InChI=1S/C9H17NO/c1-4-6-8(5-2)9(11)7(3)10/h4-7,9,11H,10H2,1-3H3/b6-4-,8-5+/t7-,9-/m0/s1. The second-order valence-electron chi connectivity index (χ2n) is 2.59. The maximum Gasteiger partial charge on any atom is 0.0934 e. The molecule has 0 spiro atoms. The van der Waals surface area contributed by atoms with Crippen LogP contribution in [0.5, 0.6) is 0 Å². The molecule has 0 aromatic rings. The van der Waals surface area contributed by atoms with Gasteiger partial charge in [0.2, 0.25) is 0 Å². The fourth-order valence-electron chi connectivity index (χ4n) is 0.862. The predicted molar refractivity (Wildman–Crippen MR) is 48.2 cm³/mol. The molecule has 0 saturated heterocycles. The van der Waals surface area contributed by atoms with Crippen LogP contribution in [0, 0.1) is 0 Å². The first-order chi connectivity index (χ1) is 5.13. The van der Waals surface area contributed by atoms with Crippen molar-refractivity contribution in [3.63, 3.8) is 0 Å². The van der Waals surface area contributed by atoms with Gasteiger partial charge < -0.3 is 10.8 Å². The average Bonchev–Trinajstić information content (AvgIpc) is 1.98. The van der Waals surface area contributed by atoms with Gasteiger partial charge in [-0.15, -0.1) is 0 Å². The Morgan fingerprint density at radius 3 is 2.27 bits per heavy atom. The molecule has 0 aliphatic rings. The zero-order chi connectivity index (χ0) is 8.85. The molecule has 0 amide bonds. The highest BCUT2D eigenvalue weighted by atomic mass is 16.3. The quantitative estimate of drug-likeness (QED) is 0.602. The lowest BCUT2D eigenvalue weighted by Gasteiger charge is -2.15. The van der Waals surface area contributed by atoms with E-state index in [1.54, 1.807) is 6.92 Å². The topological polar surface area (TPSA) is 46.2 Å². The van der Waals surface area contributed by atoms with Crippen molar-refractivity contribution in [1.29, 1.82) is 0 Å². The van der Waals surface area contributed by atoms with Gasteiger partial charge in [0.25, 0.3) is 0 Å². The Morgan fingerprint density at radius 1 is 1.45 bits per heavy atom. The van der Waals surface area contributed by atoms with E-state index in [4.69, 9.17) is 5.73 Å². The number of aliphatic hydroxyl groups excluding tert-OH is 1. The second kappa shape index (κ2) is 5.10. The Hall–Kier alpha value is -0.600. The van der Waals surface area contributed by atoms with Crippen molar-refractivity contribution < 1.29 is 5.11 Å². The molecule has 0 aliphatic carbocycles. The molecule has 11 heavy (non-hydrogen) atoms. The lowest BCUT2D eigenvalue weighted by molar-refractivity contribution is 0.189. The molecule has 0 rings (SSSR count). The van der Waals surface area contributed by atoms with Crippen molar-refractivity contribution in [2.24, 2.45) is 5.73 Å². The highest BCUT2D eigenvalue weighted by Gasteiger charge is 2.11. The largest absolute Gasteiger partial charge is 0.387 e. The molecule has 2 nitrogen and oxygen atoms in total. The van der Waals surface area contributed by atoms with Crippen LogP contribution >= 0.6 is 0 Å². The number of nitrogens with two attached hydrogens (primary N) is 1. The Kier molecular flexibility index (Phi) is 4.83. The molecule has 2 heteroatoms. The van der Waals surface area contributed by atoms with E-state index in [1.807, 2.05) is 32.1 Å². The first kappa shape index (κ1) is 10.4. The minimum atomic E-state index is -0.545. The van der Waals surface area contributed by atoms with Gasteiger partial charge in [0.05, 0.1) is 6.10 Å². The van der Waals surface area contributed by atoms with E-state index < -0.39 is 6.10 Å². The zero-order valence-corrected chi connectivity index (χ0v) is 7.41.